The lowest BCUT2D eigenvalue weighted by atomic mass is 10.0. The monoisotopic (exact) mass is 501 g/mol. The maximum Gasteiger partial charge on any atom is 0.341 e. The summed E-state index contributed by atoms with van der Waals surface area (Å²) in [4.78, 5) is 40.9. The number of H-pyrrole nitrogens is 1. The molecule has 1 fully saturated rings. The summed E-state index contributed by atoms with van der Waals surface area (Å²) in [5.41, 5.74) is 1.81. The standard InChI is InChI=1S/C23H27N5O6S/c1-11(2)18(27-23-24-10-14(22(30)34-4)19(28-23)12-6-7-12)20-25-15-8-13(21(29)33-3)17(35(5,31)32)9-16(15)26-20/h8-12,18H,6-7H2,1-5H3,(H,25,26)(H,24,27,28)/t18-/m1/s1. The zero-order valence-electron chi connectivity index (χ0n) is 20.1. The minimum absolute atomic E-state index is 0.0262. The smallest absolute Gasteiger partial charge is 0.341 e. The zero-order chi connectivity index (χ0) is 25.5. The highest BCUT2D eigenvalue weighted by Crippen LogP contribution is 2.41. The molecule has 0 bridgehead atoms. The van der Waals surface area contributed by atoms with Crippen LogP contribution in [0, 0.1) is 5.92 Å². The van der Waals surface area contributed by atoms with Gasteiger partial charge in [-0.25, -0.2) is 33.0 Å². The van der Waals surface area contributed by atoms with Crippen molar-refractivity contribution in [1.29, 1.82) is 0 Å². The van der Waals surface area contributed by atoms with E-state index in [1.807, 2.05) is 13.8 Å². The number of nitrogens with one attached hydrogen (secondary N) is 2. The van der Waals surface area contributed by atoms with Crippen LogP contribution in [-0.4, -0.2) is 60.8 Å². The van der Waals surface area contributed by atoms with E-state index < -0.39 is 21.8 Å². The molecular formula is C23H27N5O6S. The molecule has 3 aromatic rings. The van der Waals surface area contributed by atoms with Gasteiger partial charge in [0, 0.05) is 18.4 Å². The lowest BCUT2D eigenvalue weighted by Gasteiger charge is -2.21. The number of imidazole rings is 1. The molecule has 0 unspecified atom stereocenters. The molecule has 1 saturated carbocycles. The molecule has 12 heteroatoms. The van der Waals surface area contributed by atoms with Gasteiger partial charge in [0.2, 0.25) is 5.95 Å². The quantitative estimate of drug-likeness (QED) is 0.440. The first-order valence-corrected chi connectivity index (χ1v) is 13.0. The lowest BCUT2D eigenvalue weighted by Crippen LogP contribution is -2.20. The highest BCUT2D eigenvalue weighted by molar-refractivity contribution is 7.90. The molecule has 0 amide bonds. The van der Waals surface area contributed by atoms with E-state index >= 15 is 0 Å². The Bertz CT molecular complexity index is 1410. The molecule has 0 aliphatic heterocycles. The Balaban J connectivity index is 1.73. The summed E-state index contributed by atoms with van der Waals surface area (Å²) in [7, 11) is -1.19. The van der Waals surface area contributed by atoms with E-state index in [0.717, 1.165) is 19.1 Å². The van der Waals surface area contributed by atoms with E-state index in [2.05, 4.69) is 25.3 Å². The number of sulfone groups is 1. The van der Waals surface area contributed by atoms with E-state index in [1.54, 1.807) is 0 Å². The number of esters is 2. The number of rotatable bonds is 8. The van der Waals surface area contributed by atoms with Crippen LogP contribution in [0.2, 0.25) is 0 Å². The summed E-state index contributed by atoms with van der Waals surface area (Å²) in [6.45, 7) is 3.97. The van der Waals surface area contributed by atoms with Gasteiger partial charge in [0.1, 0.15) is 5.82 Å². The van der Waals surface area contributed by atoms with Crippen molar-refractivity contribution in [1.82, 2.24) is 19.9 Å². The van der Waals surface area contributed by atoms with Crippen molar-refractivity contribution in [3.8, 4) is 0 Å². The van der Waals surface area contributed by atoms with Gasteiger partial charge in [-0.2, -0.15) is 0 Å². The van der Waals surface area contributed by atoms with Gasteiger partial charge in [0.25, 0.3) is 0 Å². The lowest BCUT2D eigenvalue weighted by molar-refractivity contribution is 0.0588. The summed E-state index contributed by atoms with van der Waals surface area (Å²) < 4.78 is 34.2. The second kappa shape index (κ2) is 9.25. The van der Waals surface area contributed by atoms with E-state index in [4.69, 9.17) is 9.47 Å². The molecule has 0 spiro atoms. The van der Waals surface area contributed by atoms with Crippen LogP contribution in [0.3, 0.4) is 0 Å². The van der Waals surface area contributed by atoms with Crippen molar-refractivity contribution in [2.75, 3.05) is 25.8 Å². The predicted octanol–water partition coefficient (Wildman–Crippen LogP) is 3.02. The molecule has 1 aliphatic rings. The van der Waals surface area contributed by atoms with Gasteiger partial charge in [-0.3, -0.25) is 0 Å². The van der Waals surface area contributed by atoms with Crippen molar-refractivity contribution < 1.29 is 27.5 Å². The molecule has 2 aromatic heterocycles. The molecule has 0 saturated heterocycles. The highest BCUT2D eigenvalue weighted by Gasteiger charge is 2.32. The second-order valence-corrected chi connectivity index (χ2v) is 10.9. The molecule has 2 heterocycles. The van der Waals surface area contributed by atoms with Gasteiger partial charge in [0.05, 0.1) is 53.0 Å². The van der Waals surface area contributed by atoms with Crippen LogP contribution in [0.4, 0.5) is 5.95 Å². The van der Waals surface area contributed by atoms with Crippen LogP contribution >= 0.6 is 0 Å². The van der Waals surface area contributed by atoms with Crippen molar-refractivity contribution in [2.45, 2.75) is 43.5 Å². The zero-order valence-corrected chi connectivity index (χ0v) is 20.9. The number of carbonyl (C=O) groups is 2. The minimum atomic E-state index is -3.70. The molecule has 1 aromatic carbocycles. The van der Waals surface area contributed by atoms with Crippen molar-refractivity contribution >= 4 is 38.8 Å². The number of aromatic nitrogens is 4. The summed E-state index contributed by atoms with van der Waals surface area (Å²) in [5, 5.41) is 3.28. The maximum atomic E-state index is 12.3. The summed E-state index contributed by atoms with van der Waals surface area (Å²) in [5.74, 6) is -0.155. The first-order valence-electron chi connectivity index (χ1n) is 11.1. The van der Waals surface area contributed by atoms with Gasteiger partial charge in [-0.1, -0.05) is 13.8 Å². The summed E-state index contributed by atoms with van der Waals surface area (Å²) in [6.07, 6.45) is 4.39. The van der Waals surface area contributed by atoms with Gasteiger partial charge in [-0.05, 0) is 30.9 Å². The SMILES string of the molecule is COC(=O)c1cc2nc([C@H](Nc3ncc(C(=O)OC)c(C4CC4)n3)C(C)C)[nH]c2cc1S(C)(=O)=O. The normalized spacial score (nSPS) is 14.7. The van der Waals surface area contributed by atoms with E-state index in [0.29, 0.717) is 34.1 Å². The van der Waals surface area contributed by atoms with Gasteiger partial charge >= 0.3 is 11.9 Å². The van der Waals surface area contributed by atoms with Crippen molar-refractivity contribution in [3.63, 3.8) is 0 Å². The molecule has 35 heavy (non-hydrogen) atoms. The molecular weight excluding hydrogens is 474 g/mol. The molecule has 0 radical (unpaired) electrons. The van der Waals surface area contributed by atoms with Crippen LogP contribution in [-0.2, 0) is 19.3 Å². The van der Waals surface area contributed by atoms with E-state index in [1.165, 1.54) is 32.5 Å². The highest BCUT2D eigenvalue weighted by atomic mass is 32.2. The van der Waals surface area contributed by atoms with Crippen molar-refractivity contribution in [3.05, 3.63) is 41.0 Å². The number of carbonyl (C=O) groups excluding carboxylic acids is 2. The fourth-order valence-electron chi connectivity index (χ4n) is 3.87. The number of nitrogens with zero attached hydrogens (tertiary/aromatic N) is 3. The Morgan fingerprint density at radius 3 is 2.31 bits per heavy atom. The number of hydrogen-bond acceptors (Lipinski definition) is 10. The third-order valence-electron chi connectivity index (χ3n) is 5.84. The molecule has 11 nitrogen and oxygen atoms in total. The Morgan fingerprint density at radius 2 is 1.74 bits per heavy atom. The minimum Gasteiger partial charge on any atom is -0.465 e. The maximum absolute atomic E-state index is 12.3. The Morgan fingerprint density at radius 1 is 1.09 bits per heavy atom. The van der Waals surface area contributed by atoms with Gasteiger partial charge < -0.3 is 19.8 Å². The van der Waals surface area contributed by atoms with Crippen LogP contribution in [0.25, 0.3) is 11.0 Å². The topological polar surface area (TPSA) is 153 Å². The van der Waals surface area contributed by atoms with Gasteiger partial charge in [0.15, 0.2) is 9.84 Å². The van der Waals surface area contributed by atoms with Crippen LogP contribution in [0.5, 0.6) is 0 Å². The number of anilines is 1. The van der Waals surface area contributed by atoms with E-state index in [-0.39, 0.29) is 28.3 Å². The fourth-order valence-corrected chi connectivity index (χ4v) is 4.74. The molecule has 2 N–H and O–H groups in total. The predicted molar refractivity (Wildman–Crippen MR) is 127 cm³/mol. The van der Waals surface area contributed by atoms with Crippen molar-refractivity contribution in [2.24, 2.45) is 5.92 Å². The summed E-state index contributed by atoms with van der Waals surface area (Å²) >= 11 is 0. The molecule has 1 atom stereocenters. The number of hydrogen-bond donors (Lipinski definition) is 2. The van der Waals surface area contributed by atoms with E-state index in [9.17, 15) is 18.0 Å². The first kappa shape index (κ1) is 24.6. The first-order chi connectivity index (χ1) is 16.5. The number of fused-ring (bicyclic) bond motifs is 1. The third-order valence-corrected chi connectivity index (χ3v) is 6.98. The number of ether oxygens (including phenoxy) is 2. The molecule has 1 aliphatic carbocycles. The molecule has 4 rings (SSSR count). The number of methoxy groups -OCH3 is 2. The average Bonchev–Trinajstić information content (AvgIpc) is 3.58. The Labute approximate surface area is 202 Å². The van der Waals surface area contributed by atoms with Gasteiger partial charge in [-0.15, -0.1) is 0 Å². The van der Waals surface area contributed by atoms with Crippen LogP contribution in [0.15, 0.2) is 23.2 Å². The van der Waals surface area contributed by atoms with Crippen LogP contribution < -0.4 is 5.32 Å². The Kier molecular flexibility index (Phi) is 6.50. The third kappa shape index (κ3) is 4.97. The number of aromatic amines is 1. The molecule has 186 valence electrons. The van der Waals surface area contributed by atoms with Crippen LogP contribution in [0.1, 0.15) is 70.9 Å². The summed E-state index contributed by atoms with van der Waals surface area (Å²) in [6, 6.07) is 2.42. The Hall–Kier alpha value is -3.54. The largest absolute Gasteiger partial charge is 0.465 e. The second-order valence-electron chi connectivity index (χ2n) is 8.88. The fraction of sp³-hybridized carbons (Fsp3) is 0.435. The number of benzene rings is 1. The average molecular weight is 502 g/mol.